The third-order valence-corrected chi connectivity index (χ3v) is 4.66. The molecular formula is C15H12N2Se. The second-order valence-electron chi connectivity index (χ2n) is 3.98. The first-order valence-corrected chi connectivity index (χ1v) is 7.32. The molecule has 2 aromatic carbocycles. The van der Waals surface area contributed by atoms with Gasteiger partial charge in [0.25, 0.3) is 0 Å². The van der Waals surface area contributed by atoms with Crippen LogP contribution in [0.5, 0.6) is 0 Å². The van der Waals surface area contributed by atoms with E-state index in [1.54, 1.807) is 4.68 Å². The van der Waals surface area contributed by atoms with E-state index in [-0.39, 0.29) is 15.2 Å². The zero-order valence-electron chi connectivity index (χ0n) is 9.78. The van der Waals surface area contributed by atoms with Gasteiger partial charge in [-0.05, 0) is 0 Å². The molecule has 3 rings (SSSR count). The molecule has 1 aliphatic heterocycles. The first kappa shape index (κ1) is 11.3. The Labute approximate surface area is 113 Å². The van der Waals surface area contributed by atoms with Gasteiger partial charge in [-0.2, -0.15) is 0 Å². The molecule has 0 N–H and O–H groups in total. The van der Waals surface area contributed by atoms with Crippen molar-refractivity contribution in [1.82, 2.24) is 0 Å². The Morgan fingerprint density at radius 2 is 1.39 bits per heavy atom. The molecule has 88 valence electrons. The van der Waals surface area contributed by atoms with E-state index < -0.39 is 0 Å². The van der Waals surface area contributed by atoms with Crippen LogP contribution in [0, 0.1) is 0 Å². The van der Waals surface area contributed by atoms with Crippen molar-refractivity contribution in [1.29, 1.82) is 0 Å². The summed E-state index contributed by atoms with van der Waals surface area (Å²) in [6, 6.07) is 20.8. The van der Waals surface area contributed by atoms with Crippen molar-refractivity contribution in [3.05, 3.63) is 76.2 Å². The van der Waals surface area contributed by atoms with Gasteiger partial charge in [-0.3, -0.25) is 0 Å². The molecule has 0 atom stereocenters. The van der Waals surface area contributed by atoms with Crippen LogP contribution in [0.4, 0.5) is 0 Å². The molecule has 0 radical (unpaired) electrons. The Balaban J connectivity index is 2.16. The summed E-state index contributed by atoms with van der Waals surface area (Å²) in [5.41, 5.74) is 3.54. The van der Waals surface area contributed by atoms with Gasteiger partial charge in [-0.1, -0.05) is 0 Å². The van der Waals surface area contributed by atoms with Gasteiger partial charge in [0.05, 0.1) is 0 Å². The first-order chi connectivity index (χ1) is 8.86. The van der Waals surface area contributed by atoms with E-state index in [0.29, 0.717) is 0 Å². The molecule has 0 aromatic heterocycles. The molecule has 0 amide bonds. The van der Waals surface area contributed by atoms with Crippen molar-refractivity contribution in [3.63, 3.8) is 0 Å². The SMILES string of the molecule is C=[N+]1[N-][Se]C(c2ccccc2)=C1c1ccccc1. The van der Waals surface area contributed by atoms with Crippen LogP contribution in [0.25, 0.3) is 14.6 Å². The van der Waals surface area contributed by atoms with Crippen molar-refractivity contribution in [3.8, 4) is 0 Å². The fourth-order valence-corrected chi connectivity index (χ4v) is 3.65. The average molecular weight is 299 g/mol. The van der Waals surface area contributed by atoms with Crippen LogP contribution < -0.4 is 0 Å². The Kier molecular flexibility index (Phi) is 3.01. The zero-order valence-corrected chi connectivity index (χ0v) is 11.5. The number of hydrogen-bond acceptors (Lipinski definition) is 0. The molecule has 0 fully saturated rings. The van der Waals surface area contributed by atoms with Gasteiger partial charge < -0.3 is 0 Å². The minimum atomic E-state index is 0.105. The summed E-state index contributed by atoms with van der Waals surface area (Å²) in [5, 5.41) is 0. The Bertz CT molecular complexity index is 603. The monoisotopic (exact) mass is 300 g/mol. The summed E-state index contributed by atoms with van der Waals surface area (Å²) in [7, 11) is 0. The average Bonchev–Trinajstić information content (AvgIpc) is 2.83. The van der Waals surface area contributed by atoms with E-state index in [1.807, 2.05) is 24.3 Å². The minimum absolute atomic E-state index is 0.105. The summed E-state index contributed by atoms with van der Waals surface area (Å²) >= 11 is 0.105. The second-order valence-corrected chi connectivity index (χ2v) is 5.56. The van der Waals surface area contributed by atoms with E-state index in [1.165, 1.54) is 15.6 Å². The van der Waals surface area contributed by atoms with Crippen molar-refractivity contribution < 1.29 is 4.68 Å². The molecule has 2 nitrogen and oxygen atoms in total. The van der Waals surface area contributed by atoms with E-state index in [2.05, 4.69) is 47.6 Å². The Morgan fingerprint density at radius 3 is 2.00 bits per heavy atom. The van der Waals surface area contributed by atoms with Gasteiger partial charge >= 0.3 is 113 Å². The molecule has 0 saturated heterocycles. The molecule has 0 saturated carbocycles. The van der Waals surface area contributed by atoms with Crippen LogP contribution in [-0.4, -0.2) is 26.6 Å². The number of benzene rings is 2. The predicted molar refractivity (Wildman–Crippen MR) is 76.2 cm³/mol. The zero-order chi connectivity index (χ0) is 12.4. The van der Waals surface area contributed by atoms with E-state index >= 15 is 0 Å². The van der Waals surface area contributed by atoms with Crippen molar-refractivity contribution >= 4 is 32.1 Å². The molecule has 1 aliphatic rings. The predicted octanol–water partition coefficient (Wildman–Crippen LogP) is 3.15. The fourth-order valence-electron chi connectivity index (χ4n) is 1.95. The van der Waals surface area contributed by atoms with Gasteiger partial charge in [-0.25, -0.2) is 0 Å². The van der Waals surface area contributed by atoms with Crippen LogP contribution in [0.1, 0.15) is 11.1 Å². The summed E-state index contributed by atoms with van der Waals surface area (Å²) < 4.78 is 7.52. The molecule has 0 bridgehead atoms. The fraction of sp³-hybridized carbons (Fsp3) is 0. The molecule has 0 aliphatic carbocycles. The van der Waals surface area contributed by atoms with Gasteiger partial charge in [0.15, 0.2) is 0 Å². The summed E-state index contributed by atoms with van der Waals surface area (Å²) in [4.78, 5) is 0. The molecule has 0 spiro atoms. The maximum absolute atomic E-state index is 4.46. The number of hydrogen-bond donors (Lipinski definition) is 0. The van der Waals surface area contributed by atoms with Crippen molar-refractivity contribution in [2.75, 3.05) is 0 Å². The summed E-state index contributed by atoms with van der Waals surface area (Å²) in [5.74, 6) is 0. The topological polar surface area (TPSA) is 17.1 Å². The van der Waals surface area contributed by atoms with Crippen molar-refractivity contribution in [2.45, 2.75) is 0 Å². The molecule has 1 heterocycles. The van der Waals surface area contributed by atoms with Crippen LogP contribution in [0.2, 0.25) is 0 Å². The van der Waals surface area contributed by atoms with E-state index in [4.69, 9.17) is 0 Å². The van der Waals surface area contributed by atoms with Gasteiger partial charge in [0.2, 0.25) is 0 Å². The van der Waals surface area contributed by atoms with Crippen LogP contribution in [0.3, 0.4) is 0 Å². The Hall–Kier alpha value is -1.83. The first-order valence-electron chi connectivity index (χ1n) is 5.70. The Morgan fingerprint density at radius 1 is 0.833 bits per heavy atom. The number of nitrogens with zero attached hydrogens (tertiary/aromatic N) is 2. The van der Waals surface area contributed by atoms with Crippen LogP contribution in [-0.2, 0) is 0 Å². The quantitative estimate of drug-likeness (QED) is 0.599. The van der Waals surface area contributed by atoms with E-state index in [9.17, 15) is 0 Å². The van der Waals surface area contributed by atoms with Gasteiger partial charge in [-0.15, -0.1) is 0 Å². The van der Waals surface area contributed by atoms with Crippen LogP contribution >= 0.6 is 0 Å². The third-order valence-electron chi connectivity index (χ3n) is 2.79. The van der Waals surface area contributed by atoms with Crippen molar-refractivity contribution in [2.24, 2.45) is 0 Å². The second kappa shape index (κ2) is 4.81. The molecule has 3 heteroatoms. The standard InChI is InChI=1S/C15H12N2Se/c1-17-14(12-8-4-2-5-9-12)15(18-16-17)13-10-6-3-7-11-13/h2-11H,1H2. The van der Waals surface area contributed by atoms with E-state index in [0.717, 1.165) is 5.70 Å². The molecular weight excluding hydrogens is 287 g/mol. The van der Waals surface area contributed by atoms with Gasteiger partial charge in [0.1, 0.15) is 0 Å². The summed E-state index contributed by atoms with van der Waals surface area (Å²) in [6.07, 6.45) is 0. The molecule has 2 aromatic rings. The summed E-state index contributed by atoms with van der Waals surface area (Å²) in [6.45, 7) is 4.00. The molecule has 0 unspecified atom stereocenters. The van der Waals surface area contributed by atoms with Crippen LogP contribution in [0.15, 0.2) is 60.7 Å². The number of rotatable bonds is 2. The third kappa shape index (κ3) is 1.99. The maximum atomic E-state index is 4.46. The normalized spacial score (nSPS) is 14.8. The molecule has 18 heavy (non-hydrogen) atoms. The van der Waals surface area contributed by atoms with Gasteiger partial charge in [0, 0.05) is 0 Å².